The van der Waals surface area contributed by atoms with Gasteiger partial charge in [0, 0.05) is 12.8 Å². The first-order valence-corrected chi connectivity index (χ1v) is 5.22. The van der Waals surface area contributed by atoms with Gasteiger partial charge >= 0.3 is 0 Å². The van der Waals surface area contributed by atoms with Crippen LogP contribution in [0.5, 0.6) is 0 Å². The smallest absolute Gasteiger partial charge is 0.194 e. The molecule has 1 aromatic heterocycles. The Hall–Kier alpha value is -0.870. The van der Waals surface area contributed by atoms with Crippen molar-refractivity contribution in [2.75, 3.05) is 19.6 Å². The van der Waals surface area contributed by atoms with Crippen molar-refractivity contribution in [2.24, 2.45) is 11.7 Å². The molecule has 2 rings (SSSR count). The van der Waals surface area contributed by atoms with Crippen molar-refractivity contribution in [2.45, 2.75) is 19.3 Å². The van der Waals surface area contributed by atoms with Gasteiger partial charge in [0.15, 0.2) is 5.89 Å². The van der Waals surface area contributed by atoms with Gasteiger partial charge in [-0.2, -0.15) is 0 Å². The van der Waals surface area contributed by atoms with E-state index in [4.69, 9.17) is 10.2 Å². The van der Waals surface area contributed by atoms with Crippen LogP contribution < -0.4 is 11.1 Å². The van der Waals surface area contributed by atoms with Crippen LogP contribution in [0.15, 0.2) is 10.7 Å². The molecule has 4 nitrogen and oxygen atoms in total. The molecule has 0 spiro atoms. The Kier molecular flexibility index (Phi) is 3.16. The second-order valence-electron chi connectivity index (χ2n) is 3.83. The number of nitrogens with two attached hydrogens (primary N) is 1. The Morgan fingerprint density at radius 3 is 3.29 bits per heavy atom. The summed E-state index contributed by atoms with van der Waals surface area (Å²) in [5.74, 6) is 1.56. The first kappa shape index (κ1) is 9.68. The maximum Gasteiger partial charge on any atom is 0.194 e. The fourth-order valence-electron chi connectivity index (χ4n) is 1.84. The normalized spacial score (nSPS) is 21.6. The molecule has 0 amide bonds. The van der Waals surface area contributed by atoms with Crippen molar-refractivity contribution in [1.29, 1.82) is 0 Å². The van der Waals surface area contributed by atoms with E-state index in [0.717, 1.165) is 37.5 Å². The van der Waals surface area contributed by atoms with Crippen molar-refractivity contribution in [3.05, 3.63) is 17.8 Å². The van der Waals surface area contributed by atoms with Crippen molar-refractivity contribution >= 4 is 0 Å². The molecular weight excluding hydrogens is 178 g/mol. The Morgan fingerprint density at radius 2 is 2.57 bits per heavy atom. The van der Waals surface area contributed by atoms with Gasteiger partial charge in [-0.15, -0.1) is 0 Å². The number of nitrogens with one attached hydrogen (secondary N) is 1. The zero-order valence-electron chi connectivity index (χ0n) is 8.33. The number of hydrogen-bond acceptors (Lipinski definition) is 4. The van der Waals surface area contributed by atoms with E-state index in [2.05, 4.69) is 10.3 Å². The Bertz CT molecular complexity index is 279. The van der Waals surface area contributed by atoms with Crippen LogP contribution in [0.3, 0.4) is 0 Å². The molecule has 1 unspecified atom stereocenters. The molecule has 4 heteroatoms. The van der Waals surface area contributed by atoms with E-state index in [-0.39, 0.29) is 0 Å². The van der Waals surface area contributed by atoms with Crippen molar-refractivity contribution in [3.8, 4) is 0 Å². The molecule has 1 aromatic rings. The summed E-state index contributed by atoms with van der Waals surface area (Å²) in [4.78, 5) is 4.39. The quantitative estimate of drug-likeness (QED) is 0.726. The highest BCUT2D eigenvalue weighted by molar-refractivity contribution is 4.98. The summed E-state index contributed by atoms with van der Waals surface area (Å²) in [6, 6.07) is 0. The number of nitrogens with zero attached hydrogens (tertiary/aromatic N) is 1. The molecule has 3 N–H and O–H groups in total. The third-order valence-electron chi connectivity index (χ3n) is 2.63. The molecule has 78 valence electrons. The van der Waals surface area contributed by atoms with Crippen LogP contribution in [0, 0.1) is 5.92 Å². The summed E-state index contributed by atoms with van der Waals surface area (Å²) in [5, 5.41) is 3.34. The van der Waals surface area contributed by atoms with E-state index >= 15 is 0 Å². The van der Waals surface area contributed by atoms with Gasteiger partial charge in [0.2, 0.25) is 0 Å². The van der Waals surface area contributed by atoms with E-state index < -0.39 is 0 Å². The highest BCUT2D eigenvalue weighted by Gasteiger charge is 2.17. The molecule has 1 atom stereocenters. The predicted octanol–water partition coefficient (Wildman–Crippen LogP) is 0.328. The lowest BCUT2D eigenvalue weighted by Gasteiger charge is -2.02. The van der Waals surface area contributed by atoms with E-state index in [1.807, 2.05) is 0 Å². The molecule has 0 aliphatic carbocycles. The molecule has 0 radical (unpaired) electrons. The van der Waals surface area contributed by atoms with Gasteiger partial charge < -0.3 is 15.5 Å². The van der Waals surface area contributed by atoms with Gasteiger partial charge in [-0.1, -0.05) is 0 Å². The third kappa shape index (κ3) is 2.33. The van der Waals surface area contributed by atoms with Gasteiger partial charge in [0.1, 0.15) is 6.26 Å². The van der Waals surface area contributed by atoms with Gasteiger partial charge in [-0.05, 0) is 32.0 Å². The van der Waals surface area contributed by atoms with Crippen LogP contribution in [0.4, 0.5) is 0 Å². The van der Waals surface area contributed by atoms with Gasteiger partial charge in [-0.25, -0.2) is 4.98 Å². The highest BCUT2D eigenvalue weighted by Crippen LogP contribution is 2.14. The van der Waals surface area contributed by atoms with Crippen LogP contribution in [-0.2, 0) is 12.8 Å². The molecule has 2 heterocycles. The number of aromatic nitrogens is 1. The van der Waals surface area contributed by atoms with Crippen molar-refractivity contribution < 1.29 is 4.42 Å². The summed E-state index contributed by atoms with van der Waals surface area (Å²) in [7, 11) is 0. The summed E-state index contributed by atoms with van der Waals surface area (Å²) in [5.41, 5.74) is 6.42. The summed E-state index contributed by atoms with van der Waals surface area (Å²) in [6.45, 7) is 2.85. The minimum absolute atomic E-state index is 0.636. The van der Waals surface area contributed by atoms with E-state index in [1.165, 1.54) is 6.42 Å². The zero-order valence-corrected chi connectivity index (χ0v) is 8.33. The molecule has 0 saturated carbocycles. The first-order valence-electron chi connectivity index (χ1n) is 5.22. The largest absolute Gasteiger partial charge is 0.449 e. The molecule has 1 aliphatic heterocycles. The molecular formula is C10H17N3O. The third-order valence-corrected chi connectivity index (χ3v) is 2.63. The topological polar surface area (TPSA) is 64.1 Å². The SMILES string of the molecule is NCCc1coc(CC2CCNC2)n1. The first-order chi connectivity index (χ1) is 6.88. The van der Waals surface area contributed by atoms with Crippen LogP contribution in [-0.4, -0.2) is 24.6 Å². The average Bonchev–Trinajstić information content (AvgIpc) is 2.79. The maximum absolute atomic E-state index is 5.44. The van der Waals surface area contributed by atoms with Crippen LogP contribution in [0.1, 0.15) is 18.0 Å². The van der Waals surface area contributed by atoms with E-state index in [9.17, 15) is 0 Å². The van der Waals surface area contributed by atoms with Gasteiger partial charge in [-0.3, -0.25) is 0 Å². The molecule has 0 aromatic carbocycles. The standard InChI is InChI=1S/C10H17N3O/c11-3-1-9-7-14-10(13-9)5-8-2-4-12-6-8/h7-8,12H,1-6,11H2. The molecule has 14 heavy (non-hydrogen) atoms. The number of rotatable bonds is 4. The Balaban J connectivity index is 1.88. The fourth-order valence-corrected chi connectivity index (χ4v) is 1.84. The van der Waals surface area contributed by atoms with Crippen molar-refractivity contribution in [3.63, 3.8) is 0 Å². The van der Waals surface area contributed by atoms with Crippen molar-refractivity contribution in [1.82, 2.24) is 10.3 Å². The maximum atomic E-state index is 5.44. The molecule has 0 bridgehead atoms. The number of oxazole rings is 1. The van der Waals surface area contributed by atoms with Crippen LogP contribution >= 0.6 is 0 Å². The second-order valence-corrected chi connectivity index (χ2v) is 3.83. The minimum Gasteiger partial charge on any atom is -0.449 e. The fraction of sp³-hybridized carbons (Fsp3) is 0.700. The van der Waals surface area contributed by atoms with Gasteiger partial charge in [0.25, 0.3) is 0 Å². The Morgan fingerprint density at radius 1 is 1.64 bits per heavy atom. The lowest BCUT2D eigenvalue weighted by atomic mass is 10.1. The average molecular weight is 195 g/mol. The van der Waals surface area contributed by atoms with E-state index in [0.29, 0.717) is 12.5 Å². The number of hydrogen-bond donors (Lipinski definition) is 2. The lowest BCUT2D eigenvalue weighted by Crippen LogP contribution is -2.11. The lowest BCUT2D eigenvalue weighted by molar-refractivity contribution is 0.442. The summed E-state index contributed by atoms with van der Waals surface area (Å²) >= 11 is 0. The molecule has 1 fully saturated rings. The van der Waals surface area contributed by atoms with Gasteiger partial charge in [0.05, 0.1) is 5.69 Å². The second kappa shape index (κ2) is 4.57. The van der Waals surface area contributed by atoms with Crippen LogP contribution in [0.2, 0.25) is 0 Å². The molecule has 1 aliphatic rings. The zero-order chi connectivity index (χ0) is 9.80. The minimum atomic E-state index is 0.636. The summed E-state index contributed by atoms with van der Waals surface area (Å²) < 4.78 is 5.38. The monoisotopic (exact) mass is 195 g/mol. The Labute approximate surface area is 83.9 Å². The van der Waals surface area contributed by atoms with Crippen LogP contribution in [0.25, 0.3) is 0 Å². The summed E-state index contributed by atoms with van der Waals surface area (Å²) in [6.07, 6.45) is 4.73. The highest BCUT2D eigenvalue weighted by atomic mass is 16.3. The van der Waals surface area contributed by atoms with E-state index in [1.54, 1.807) is 6.26 Å². The predicted molar refractivity (Wildman–Crippen MR) is 53.9 cm³/mol. The molecule has 1 saturated heterocycles.